The van der Waals surface area contributed by atoms with Crippen molar-refractivity contribution < 1.29 is 14.6 Å². The molecule has 2 rings (SSSR count). The monoisotopic (exact) mass is 279 g/mol. The smallest absolute Gasteiger partial charge is 0.161 e. The molecule has 20 heavy (non-hydrogen) atoms. The Balaban J connectivity index is 1.96. The first-order valence-corrected chi connectivity index (χ1v) is 7.29. The maximum atomic E-state index is 9.85. The minimum atomic E-state index is -0.139. The average Bonchev–Trinajstić information content (AvgIpc) is 2.89. The van der Waals surface area contributed by atoms with Crippen molar-refractivity contribution in [1.82, 2.24) is 5.32 Å². The van der Waals surface area contributed by atoms with Gasteiger partial charge in [-0.15, -0.1) is 0 Å². The highest BCUT2D eigenvalue weighted by atomic mass is 16.5. The Hall–Kier alpha value is -1.26. The molecule has 4 heteroatoms. The molecule has 1 aliphatic rings. The fourth-order valence-electron chi connectivity index (χ4n) is 2.82. The second-order valence-electron chi connectivity index (χ2n) is 5.50. The zero-order valence-electron chi connectivity index (χ0n) is 12.6. The van der Waals surface area contributed by atoms with Gasteiger partial charge in [-0.1, -0.05) is 12.5 Å². The Morgan fingerprint density at radius 3 is 2.60 bits per heavy atom. The zero-order valence-corrected chi connectivity index (χ0v) is 12.6. The molecule has 0 radical (unpaired) electrons. The van der Waals surface area contributed by atoms with Crippen molar-refractivity contribution in [2.75, 3.05) is 20.8 Å². The van der Waals surface area contributed by atoms with Gasteiger partial charge in [0.1, 0.15) is 0 Å². The van der Waals surface area contributed by atoms with Crippen LogP contribution in [-0.4, -0.2) is 32.0 Å². The molecule has 1 aliphatic carbocycles. The lowest BCUT2D eigenvalue weighted by atomic mass is 10.0. The van der Waals surface area contributed by atoms with E-state index >= 15 is 0 Å². The van der Waals surface area contributed by atoms with E-state index in [1.54, 1.807) is 14.2 Å². The molecule has 1 fully saturated rings. The molecule has 0 aromatic heterocycles. The number of aliphatic hydroxyl groups is 1. The predicted molar refractivity (Wildman–Crippen MR) is 79.3 cm³/mol. The molecule has 0 aliphatic heterocycles. The molecule has 1 aromatic carbocycles. The fourth-order valence-corrected chi connectivity index (χ4v) is 2.82. The van der Waals surface area contributed by atoms with E-state index in [0.29, 0.717) is 5.92 Å². The predicted octanol–water partition coefficient (Wildman–Crippen LogP) is 2.52. The third kappa shape index (κ3) is 3.44. The quantitative estimate of drug-likeness (QED) is 0.840. The van der Waals surface area contributed by atoms with Gasteiger partial charge in [0.05, 0.1) is 20.3 Å². The zero-order chi connectivity index (χ0) is 14.5. The number of aliphatic hydroxyl groups excluding tert-OH is 1. The van der Waals surface area contributed by atoms with Crippen LogP contribution in [-0.2, 0) is 0 Å². The SMILES string of the molecule is COc1ccc(C(C)NCC2CCCC2O)cc1OC. The molecule has 1 saturated carbocycles. The third-order valence-corrected chi connectivity index (χ3v) is 4.21. The van der Waals surface area contributed by atoms with Crippen molar-refractivity contribution in [3.63, 3.8) is 0 Å². The standard InChI is InChI=1S/C16H25NO3/c1-11(17-10-13-5-4-6-14(13)18)12-7-8-15(19-2)16(9-12)20-3/h7-9,11,13-14,17-18H,4-6,10H2,1-3H3. The molecule has 0 spiro atoms. The normalized spacial score (nSPS) is 23.6. The largest absolute Gasteiger partial charge is 0.493 e. The summed E-state index contributed by atoms with van der Waals surface area (Å²) in [5, 5.41) is 13.4. The maximum absolute atomic E-state index is 9.85. The van der Waals surface area contributed by atoms with Crippen molar-refractivity contribution in [2.24, 2.45) is 5.92 Å². The molecule has 1 aromatic rings. The van der Waals surface area contributed by atoms with Gasteiger partial charge in [-0.25, -0.2) is 0 Å². The summed E-state index contributed by atoms with van der Waals surface area (Å²) in [6, 6.07) is 6.20. The van der Waals surface area contributed by atoms with Gasteiger partial charge in [0.15, 0.2) is 11.5 Å². The topological polar surface area (TPSA) is 50.7 Å². The number of benzene rings is 1. The van der Waals surface area contributed by atoms with Crippen molar-refractivity contribution in [3.8, 4) is 11.5 Å². The summed E-state index contributed by atoms with van der Waals surface area (Å²) in [6.45, 7) is 2.99. The van der Waals surface area contributed by atoms with E-state index in [2.05, 4.69) is 12.2 Å². The van der Waals surface area contributed by atoms with Crippen LogP contribution in [0, 0.1) is 5.92 Å². The van der Waals surface area contributed by atoms with Gasteiger partial charge in [-0.05, 0) is 43.4 Å². The van der Waals surface area contributed by atoms with Gasteiger partial charge in [-0.2, -0.15) is 0 Å². The van der Waals surface area contributed by atoms with E-state index in [-0.39, 0.29) is 12.1 Å². The molecular formula is C16H25NO3. The van der Waals surface area contributed by atoms with Gasteiger partial charge >= 0.3 is 0 Å². The molecule has 3 atom stereocenters. The van der Waals surface area contributed by atoms with Crippen LogP contribution in [0.1, 0.15) is 37.8 Å². The highest BCUT2D eigenvalue weighted by Crippen LogP contribution is 2.30. The molecule has 112 valence electrons. The van der Waals surface area contributed by atoms with Crippen LogP contribution in [0.2, 0.25) is 0 Å². The Kier molecular flexibility index (Phi) is 5.26. The summed E-state index contributed by atoms with van der Waals surface area (Å²) in [4.78, 5) is 0. The van der Waals surface area contributed by atoms with Crippen molar-refractivity contribution in [1.29, 1.82) is 0 Å². The Bertz CT molecular complexity index is 436. The van der Waals surface area contributed by atoms with Crippen LogP contribution in [0.3, 0.4) is 0 Å². The highest BCUT2D eigenvalue weighted by Gasteiger charge is 2.25. The number of nitrogens with one attached hydrogen (secondary N) is 1. The maximum Gasteiger partial charge on any atom is 0.161 e. The van der Waals surface area contributed by atoms with E-state index in [0.717, 1.165) is 42.9 Å². The van der Waals surface area contributed by atoms with Crippen molar-refractivity contribution in [2.45, 2.75) is 38.3 Å². The van der Waals surface area contributed by atoms with E-state index < -0.39 is 0 Å². The molecule has 0 amide bonds. The highest BCUT2D eigenvalue weighted by molar-refractivity contribution is 5.43. The molecule has 0 bridgehead atoms. The summed E-state index contributed by atoms with van der Waals surface area (Å²) >= 11 is 0. The Morgan fingerprint density at radius 2 is 2.00 bits per heavy atom. The Morgan fingerprint density at radius 1 is 1.25 bits per heavy atom. The van der Waals surface area contributed by atoms with Crippen LogP contribution in [0.25, 0.3) is 0 Å². The summed E-state index contributed by atoms with van der Waals surface area (Å²) in [5.41, 5.74) is 1.16. The van der Waals surface area contributed by atoms with Gasteiger partial charge in [0.2, 0.25) is 0 Å². The second kappa shape index (κ2) is 6.95. The lowest BCUT2D eigenvalue weighted by Gasteiger charge is -2.20. The number of rotatable bonds is 6. The van der Waals surface area contributed by atoms with E-state index in [4.69, 9.17) is 9.47 Å². The summed E-state index contributed by atoms with van der Waals surface area (Å²) in [6.07, 6.45) is 3.06. The number of hydrogen-bond acceptors (Lipinski definition) is 4. The van der Waals surface area contributed by atoms with Crippen LogP contribution >= 0.6 is 0 Å². The van der Waals surface area contributed by atoms with Crippen LogP contribution in [0.15, 0.2) is 18.2 Å². The van der Waals surface area contributed by atoms with Crippen molar-refractivity contribution in [3.05, 3.63) is 23.8 Å². The van der Waals surface area contributed by atoms with Gasteiger partial charge in [0, 0.05) is 12.6 Å². The van der Waals surface area contributed by atoms with E-state index in [1.165, 1.54) is 0 Å². The molecule has 0 heterocycles. The van der Waals surface area contributed by atoms with Gasteiger partial charge in [-0.3, -0.25) is 0 Å². The Labute approximate surface area is 121 Å². The van der Waals surface area contributed by atoms with Crippen molar-refractivity contribution >= 4 is 0 Å². The molecule has 3 unspecified atom stereocenters. The van der Waals surface area contributed by atoms with Crippen LogP contribution < -0.4 is 14.8 Å². The molecule has 4 nitrogen and oxygen atoms in total. The minimum Gasteiger partial charge on any atom is -0.493 e. The molecule has 2 N–H and O–H groups in total. The number of ether oxygens (including phenoxy) is 2. The third-order valence-electron chi connectivity index (χ3n) is 4.21. The van der Waals surface area contributed by atoms with Crippen LogP contribution in [0.4, 0.5) is 0 Å². The first kappa shape index (κ1) is 15.1. The lowest BCUT2D eigenvalue weighted by Crippen LogP contribution is -2.29. The molecule has 0 saturated heterocycles. The van der Waals surface area contributed by atoms with Gasteiger partial charge < -0.3 is 19.9 Å². The van der Waals surface area contributed by atoms with E-state index in [9.17, 15) is 5.11 Å². The first-order valence-electron chi connectivity index (χ1n) is 7.29. The fraction of sp³-hybridized carbons (Fsp3) is 0.625. The summed E-state index contributed by atoms with van der Waals surface area (Å²) in [5.74, 6) is 1.88. The first-order chi connectivity index (χ1) is 9.65. The van der Waals surface area contributed by atoms with Crippen LogP contribution in [0.5, 0.6) is 11.5 Å². The number of methoxy groups -OCH3 is 2. The minimum absolute atomic E-state index is 0.139. The summed E-state index contributed by atoms with van der Waals surface area (Å²) in [7, 11) is 3.29. The number of hydrogen-bond donors (Lipinski definition) is 2. The summed E-state index contributed by atoms with van der Waals surface area (Å²) < 4.78 is 10.6. The van der Waals surface area contributed by atoms with Gasteiger partial charge in [0.25, 0.3) is 0 Å². The lowest BCUT2D eigenvalue weighted by molar-refractivity contribution is 0.130. The van der Waals surface area contributed by atoms with E-state index in [1.807, 2.05) is 18.2 Å². The average molecular weight is 279 g/mol. The second-order valence-corrected chi connectivity index (χ2v) is 5.50. The molecular weight excluding hydrogens is 254 g/mol.